The molecule has 1 aromatic rings. The molecule has 0 aliphatic carbocycles. The number of thioether (sulfide) groups is 1. The normalized spacial score (nSPS) is 10.5. The molecule has 2 N–H and O–H groups in total. The second-order valence-electron chi connectivity index (χ2n) is 3.42. The largest absolute Gasteiger partial charge is 0.417 e. The zero-order chi connectivity index (χ0) is 15.3. The molecule has 0 saturated carbocycles. The van der Waals surface area contributed by atoms with Crippen LogP contribution in [-0.4, -0.2) is 10.7 Å². The number of allylic oxidation sites excluding steroid dienone is 1. The van der Waals surface area contributed by atoms with Gasteiger partial charge in [-0.05, 0) is 6.07 Å². The first kappa shape index (κ1) is 16.2. The Morgan fingerprint density at radius 3 is 2.45 bits per heavy atom. The molecule has 0 atom stereocenters. The van der Waals surface area contributed by atoms with Crippen LogP contribution >= 0.6 is 23.4 Å². The van der Waals surface area contributed by atoms with E-state index >= 15 is 0 Å². The highest BCUT2D eigenvalue weighted by Gasteiger charge is 2.31. The number of halogens is 4. The minimum atomic E-state index is -4.52. The number of hydrogen-bond donors (Lipinski definition) is 1. The number of rotatable bonds is 3. The number of nitrogens with zero attached hydrogens (tertiary/aromatic N) is 3. The van der Waals surface area contributed by atoms with Crippen LogP contribution in [0.15, 0.2) is 28.6 Å². The van der Waals surface area contributed by atoms with Gasteiger partial charge in [-0.1, -0.05) is 23.4 Å². The quantitative estimate of drug-likeness (QED) is 0.683. The summed E-state index contributed by atoms with van der Waals surface area (Å²) in [4.78, 5) is 3.59. The Kier molecular flexibility index (Phi) is 5.26. The molecule has 0 aliphatic heterocycles. The lowest BCUT2D eigenvalue weighted by molar-refractivity contribution is -0.137. The molecular formula is C11H6ClF3N4S. The second-order valence-corrected chi connectivity index (χ2v) is 4.79. The Hall–Kier alpha value is -1.90. The third kappa shape index (κ3) is 4.05. The lowest BCUT2D eigenvalue weighted by Gasteiger charge is -2.08. The molecule has 0 saturated heterocycles. The Bertz CT molecular complexity index is 612. The van der Waals surface area contributed by atoms with Crippen LogP contribution in [0.4, 0.5) is 13.2 Å². The van der Waals surface area contributed by atoms with E-state index in [1.807, 2.05) is 0 Å². The first-order valence-corrected chi connectivity index (χ1v) is 6.30. The van der Waals surface area contributed by atoms with Crippen molar-refractivity contribution < 1.29 is 13.2 Å². The third-order valence-corrected chi connectivity index (χ3v) is 3.50. The first-order chi connectivity index (χ1) is 9.29. The van der Waals surface area contributed by atoms with Gasteiger partial charge in [0.05, 0.1) is 10.6 Å². The van der Waals surface area contributed by atoms with Crippen LogP contribution in [0.5, 0.6) is 0 Å². The molecule has 9 heteroatoms. The van der Waals surface area contributed by atoms with Crippen LogP contribution in [-0.2, 0) is 6.18 Å². The average molecular weight is 319 g/mol. The number of hydrogen-bond acceptors (Lipinski definition) is 5. The third-order valence-electron chi connectivity index (χ3n) is 2.04. The monoisotopic (exact) mass is 318 g/mol. The van der Waals surface area contributed by atoms with Gasteiger partial charge >= 0.3 is 6.18 Å². The topological polar surface area (TPSA) is 86.5 Å². The summed E-state index contributed by atoms with van der Waals surface area (Å²) in [6, 6.07) is 3.98. The van der Waals surface area contributed by atoms with E-state index in [0.717, 1.165) is 17.8 Å². The van der Waals surface area contributed by atoms with Crippen molar-refractivity contribution in [3.63, 3.8) is 0 Å². The van der Waals surface area contributed by atoms with E-state index in [2.05, 4.69) is 4.98 Å². The fourth-order valence-electron chi connectivity index (χ4n) is 1.07. The minimum Gasteiger partial charge on any atom is -0.400 e. The van der Waals surface area contributed by atoms with Crippen LogP contribution in [0.3, 0.4) is 0 Å². The molecule has 0 bridgehead atoms. The van der Waals surface area contributed by atoms with Crippen molar-refractivity contribution in [2.45, 2.75) is 11.2 Å². The standard InChI is InChI=1S/C11H6ClF3N4S/c12-8-1-7(11(13,14)15)4-19-10(8)20-5-9(18)6(2-16)3-17/h1,4H,5,18H2. The predicted molar refractivity (Wildman–Crippen MR) is 67.4 cm³/mol. The van der Waals surface area contributed by atoms with Gasteiger partial charge in [0, 0.05) is 17.6 Å². The molecule has 0 amide bonds. The van der Waals surface area contributed by atoms with E-state index in [-0.39, 0.29) is 27.1 Å². The molecule has 0 spiro atoms. The van der Waals surface area contributed by atoms with E-state index in [4.69, 9.17) is 27.9 Å². The zero-order valence-corrected chi connectivity index (χ0v) is 11.3. The summed E-state index contributed by atoms with van der Waals surface area (Å²) in [5, 5.41) is 17.1. The molecule has 1 aromatic heterocycles. The number of nitrogens with two attached hydrogens (primary N) is 1. The smallest absolute Gasteiger partial charge is 0.400 e. The number of nitriles is 2. The number of alkyl halides is 3. The van der Waals surface area contributed by atoms with Crippen molar-refractivity contribution in [1.29, 1.82) is 10.5 Å². The summed E-state index contributed by atoms with van der Waals surface area (Å²) in [7, 11) is 0. The Morgan fingerprint density at radius 1 is 1.40 bits per heavy atom. The number of aromatic nitrogens is 1. The van der Waals surface area contributed by atoms with Crippen molar-refractivity contribution in [1.82, 2.24) is 4.98 Å². The Labute approximate surface area is 121 Å². The summed E-state index contributed by atoms with van der Waals surface area (Å²) >= 11 is 6.63. The van der Waals surface area contributed by atoms with Crippen molar-refractivity contribution in [2.75, 3.05) is 5.75 Å². The van der Waals surface area contributed by atoms with Crippen LogP contribution in [0.2, 0.25) is 5.02 Å². The van der Waals surface area contributed by atoms with Crippen LogP contribution < -0.4 is 5.73 Å². The van der Waals surface area contributed by atoms with Gasteiger partial charge < -0.3 is 5.73 Å². The molecule has 0 fully saturated rings. The van der Waals surface area contributed by atoms with Crippen molar-refractivity contribution in [3.8, 4) is 12.1 Å². The van der Waals surface area contributed by atoms with Crippen LogP contribution in [0.25, 0.3) is 0 Å². The first-order valence-electron chi connectivity index (χ1n) is 4.94. The van der Waals surface area contributed by atoms with Crippen molar-refractivity contribution in [3.05, 3.63) is 34.1 Å². The highest BCUT2D eigenvalue weighted by atomic mass is 35.5. The zero-order valence-electron chi connectivity index (χ0n) is 9.70. The highest BCUT2D eigenvalue weighted by Crippen LogP contribution is 2.33. The summed E-state index contributed by atoms with van der Waals surface area (Å²) in [6.45, 7) is 0. The van der Waals surface area contributed by atoms with Gasteiger partial charge in [-0.3, -0.25) is 0 Å². The second kappa shape index (κ2) is 6.51. The lowest BCUT2D eigenvalue weighted by Crippen LogP contribution is -2.07. The summed E-state index contributed by atoms with van der Waals surface area (Å²) in [5.74, 6) is 0.0224. The summed E-state index contributed by atoms with van der Waals surface area (Å²) in [5.41, 5.74) is 4.31. The van der Waals surface area contributed by atoms with Gasteiger partial charge in [-0.2, -0.15) is 23.7 Å². The van der Waals surface area contributed by atoms with Crippen molar-refractivity contribution in [2.24, 2.45) is 5.73 Å². The Balaban J connectivity index is 2.90. The maximum Gasteiger partial charge on any atom is 0.417 e. The van der Waals surface area contributed by atoms with Gasteiger partial charge in [0.25, 0.3) is 0 Å². The van der Waals surface area contributed by atoms with Gasteiger partial charge in [-0.15, -0.1) is 0 Å². The van der Waals surface area contributed by atoms with E-state index < -0.39 is 11.7 Å². The molecule has 0 aromatic carbocycles. The van der Waals surface area contributed by atoms with E-state index in [9.17, 15) is 13.2 Å². The minimum absolute atomic E-state index is 0.0118. The molecule has 1 rings (SSSR count). The van der Waals surface area contributed by atoms with Gasteiger partial charge in [0.15, 0.2) is 0 Å². The molecule has 20 heavy (non-hydrogen) atoms. The van der Waals surface area contributed by atoms with E-state index in [1.165, 1.54) is 0 Å². The van der Waals surface area contributed by atoms with E-state index in [1.54, 1.807) is 12.1 Å². The fourth-order valence-corrected chi connectivity index (χ4v) is 2.16. The highest BCUT2D eigenvalue weighted by molar-refractivity contribution is 7.99. The predicted octanol–water partition coefficient (Wildman–Crippen LogP) is 3.11. The summed E-state index contributed by atoms with van der Waals surface area (Å²) in [6.07, 6.45) is -3.86. The van der Waals surface area contributed by atoms with E-state index in [0.29, 0.717) is 6.20 Å². The maximum absolute atomic E-state index is 12.4. The Morgan fingerprint density at radius 2 is 2.00 bits per heavy atom. The number of pyridine rings is 1. The molecule has 1 heterocycles. The molecule has 4 nitrogen and oxygen atoms in total. The molecule has 0 unspecified atom stereocenters. The van der Waals surface area contributed by atoms with Crippen LogP contribution in [0.1, 0.15) is 5.56 Å². The molecule has 0 radical (unpaired) electrons. The van der Waals surface area contributed by atoms with Gasteiger partial charge in [0.1, 0.15) is 22.7 Å². The average Bonchev–Trinajstić information content (AvgIpc) is 2.37. The SMILES string of the molecule is N#CC(C#N)=C(N)CSc1ncc(C(F)(F)F)cc1Cl. The fraction of sp³-hybridized carbons (Fsp3) is 0.182. The van der Waals surface area contributed by atoms with Gasteiger partial charge in [0.2, 0.25) is 0 Å². The van der Waals surface area contributed by atoms with Crippen molar-refractivity contribution >= 4 is 23.4 Å². The molecular weight excluding hydrogens is 313 g/mol. The summed E-state index contributed by atoms with van der Waals surface area (Å²) < 4.78 is 37.2. The molecule has 0 aliphatic rings. The van der Waals surface area contributed by atoms with Crippen LogP contribution in [0, 0.1) is 22.7 Å². The maximum atomic E-state index is 12.4. The molecule has 104 valence electrons. The lowest BCUT2D eigenvalue weighted by atomic mass is 10.3. The van der Waals surface area contributed by atoms with Gasteiger partial charge in [-0.25, -0.2) is 4.98 Å².